The van der Waals surface area contributed by atoms with E-state index in [0.29, 0.717) is 5.75 Å². The highest BCUT2D eigenvalue weighted by Gasteiger charge is 2.21. The number of rotatable bonds is 8. The van der Waals surface area contributed by atoms with E-state index in [0.717, 1.165) is 5.56 Å². The van der Waals surface area contributed by atoms with Gasteiger partial charge in [-0.15, -0.1) is 0 Å². The van der Waals surface area contributed by atoms with E-state index in [9.17, 15) is 19.7 Å². The molecule has 27 heavy (non-hydrogen) atoms. The maximum absolute atomic E-state index is 12.1. The molecular formula is C19H20N2O6. The number of amides is 1. The van der Waals surface area contributed by atoms with E-state index in [4.69, 9.17) is 9.47 Å². The monoisotopic (exact) mass is 372 g/mol. The van der Waals surface area contributed by atoms with Crippen molar-refractivity contribution in [3.05, 3.63) is 69.8 Å². The van der Waals surface area contributed by atoms with Crippen molar-refractivity contribution in [3.8, 4) is 5.75 Å². The number of benzene rings is 2. The lowest BCUT2D eigenvalue weighted by molar-refractivity contribution is -0.385. The molecule has 0 heterocycles. The van der Waals surface area contributed by atoms with Gasteiger partial charge in [0.2, 0.25) is 0 Å². The molecule has 2 aromatic rings. The van der Waals surface area contributed by atoms with Crippen LogP contribution in [0.2, 0.25) is 0 Å². The smallest absolute Gasteiger partial charge is 0.311 e. The van der Waals surface area contributed by atoms with Gasteiger partial charge in [-0.2, -0.15) is 0 Å². The minimum Gasteiger partial charge on any atom is -0.497 e. The quantitative estimate of drug-likeness (QED) is 0.433. The molecule has 0 spiro atoms. The predicted octanol–water partition coefficient (Wildman–Crippen LogP) is 2.39. The van der Waals surface area contributed by atoms with Crippen molar-refractivity contribution in [1.29, 1.82) is 0 Å². The number of esters is 1. The number of methoxy groups -OCH3 is 1. The Kier molecular flexibility index (Phi) is 6.87. The Morgan fingerprint density at radius 1 is 1.15 bits per heavy atom. The molecule has 8 heteroatoms. The molecule has 1 N–H and O–H groups in total. The average Bonchev–Trinajstić information content (AvgIpc) is 2.66. The maximum Gasteiger partial charge on any atom is 0.311 e. The van der Waals surface area contributed by atoms with Crippen LogP contribution < -0.4 is 10.1 Å². The summed E-state index contributed by atoms with van der Waals surface area (Å²) in [6.45, 7) is 1.72. The molecule has 0 fully saturated rings. The summed E-state index contributed by atoms with van der Waals surface area (Å²) in [7, 11) is 1.57. The van der Waals surface area contributed by atoms with E-state index >= 15 is 0 Å². The molecule has 0 aliphatic heterocycles. The molecule has 0 radical (unpaired) electrons. The molecule has 0 saturated carbocycles. The van der Waals surface area contributed by atoms with Crippen molar-refractivity contribution in [3.63, 3.8) is 0 Å². The number of ether oxygens (including phenoxy) is 2. The molecule has 8 nitrogen and oxygen atoms in total. The van der Waals surface area contributed by atoms with Gasteiger partial charge in [-0.3, -0.25) is 19.7 Å². The van der Waals surface area contributed by atoms with Crippen LogP contribution in [0.15, 0.2) is 48.5 Å². The zero-order valence-corrected chi connectivity index (χ0v) is 15.0. The first-order valence-corrected chi connectivity index (χ1v) is 8.23. The molecule has 0 saturated heterocycles. The molecule has 1 amide bonds. The molecule has 0 bridgehead atoms. The number of nitro groups is 1. The topological polar surface area (TPSA) is 108 Å². The van der Waals surface area contributed by atoms with Crippen molar-refractivity contribution in [2.45, 2.75) is 26.0 Å². The van der Waals surface area contributed by atoms with Gasteiger partial charge in [0.15, 0.2) is 6.10 Å². The molecular weight excluding hydrogens is 352 g/mol. The van der Waals surface area contributed by atoms with Gasteiger partial charge in [0, 0.05) is 18.2 Å². The number of para-hydroxylation sites is 1. The molecule has 0 unspecified atom stereocenters. The van der Waals surface area contributed by atoms with Crippen LogP contribution in [-0.4, -0.2) is 30.0 Å². The molecule has 142 valence electrons. The Labute approximate surface area is 156 Å². The van der Waals surface area contributed by atoms with Crippen LogP contribution in [0, 0.1) is 10.1 Å². The van der Waals surface area contributed by atoms with E-state index in [1.807, 2.05) is 12.1 Å². The number of carbonyl (C=O) groups excluding carboxylic acids is 2. The summed E-state index contributed by atoms with van der Waals surface area (Å²) in [6.07, 6.45) is -1.30. The third-order valence-electron chi connectivity index (χ3n) is 3.83. The van der Waals surface area contributed by atoms with E-state index in [1.165, 1.54) is 25.1 Å². The number of nitro benzene ring substituents is 1. The van der Waals surface area contributed by atoms with Gasteiger partial charge in [-0.25, -0.2) is 0 Å². The van der Waals surface area contributed by atoms with Crippen molar-refractivity contribution in [2.75, 3.05) is 7.11 Å². The first kappa shape index (κ1) is 19.9. The SMILES string of the molecule is COc1ccc(CNC(=O)[C@@H](C)OC(=O)Cc2ccccc2[N+](=O)[O-])cc1. The van der Waals surface area contributed by atoms with Crippen LogP contribution in [0.4, 0.5) is 5.69 Å². The number of nitrogens with zero attached hydrogens (tertiary/aromatic N) is 1. The lowest BCUT2D eigenvalue weighted by atomic mass is 10.1. The van der Waals surface area contributed by atoms with Gasteiger partial charge in [0.1, 0.15) is 5.75 Å². The second-order valence-corrected chi connectivity index (χ2v) is 5.76. The van der Waals surface area contributed by atoms with Crippen LogP contribution in [0.25, 0.3) is 0 Å². The number of carbonyl (C=O) groups is 2. The van der Waals surface area contributed by atoms with Crippen molar-refractivity contribution < 1.29 is 24.0 Å². The van der Waals surface area contributed by atoms with Crippen LogP contribution in [-0.2, 0) is 27.3 Å². The average molecular weight is 372 g/mol. The summed E-state index contributed by atoms with van der Waals surface area (Å²) in [4.78, 5) is 34.5. The first-order chi connectivity index (χ1) is 12.9. The zero-order chi connectivity index (χ0) is 19.8. The summed E-state index contributed by atoms with van der Waals surface area (Å²) < 4.78 is 10.1. The van der Waals surface area contributed by atoms with Gasteiger partial charge < -0.3 is 14.8 Å². The first-order valence-electron chi connectivity index (χ1n) is 8.23. The fraction of sp³-hybridized carbons (Fsp3) is 0.263. The predicted molar refractivity (Wildman–Crippen MR) is 97.2 cm³/mol. The number of hydrogen-bond acceptors (Lipinski definition) is 6. The van der Waals surface area contributed by atoms with Crippen LogP contribution in [0.1, 0.15) is 18.1 Å². The Hall–Kier alpha value is -3.42. The number of nitrogens with one attached hydrogen (secondary N) is 1. The standard InChI is InChI=1S/C19H20N2O6/c1-13(19(23)20-12-14-7-9-16(26-2)10-8-14)27-18(22)11-15-5-3-4-6-17(15)21(24)25/h3-10,13H,11-12H2,1-2H3,(H,20,23)/t13-/m1/s1. The van der Waals surface area contributed by atoms with E-state index in [-0.39, 0.29) is 24.2 Å². The molecule has 2 rings (SSSR count). The fourth-order valence-electron chi connectivity index (χ4n) is 2.36. The summed E-state index contributed by atoms with van der Waals surface area (Å²) in [5.41, 5.74) is 0.937. The lowest BCUT2D eigenvalue weighted by Gasteiger charge is -2.14. The number of hydrogen-bond donors (Lipinski definition) is 1. The Bertz CT molecular complexity index is 819. The summed E-state index contributed by atoms with van der Waals surface area (Å²) in [5.74, 6) is -0.458. The van der Waals surface area contributed by atoms with Crippen molar-refractivity contribution in [1.82, 2.24) is 5.32 Å². The molecule has 2 aromatic carbocycles. The van der Waals surface area contributed by atoms with E-state index in [2.05, 4.69) is 5.32 Å². The lowest BCUT2D eigenvalue weighted by Crippen LogP contribution is -2.35. The van der Waals surface area contributed by atoms with Crippen LogP contribution in [0.3, 0.4) is 0 Å². The Morgan fingerprint density at radius 3 is 2.44 bits per heavy atom. The minimum absolute atomic E-state index is 0.161. The van der Waals surface area contributed by atoms with Gasteiger partial charge in [-0.1, -0.05) is 30.3 Å². The highest BCUT2D eigenvalue weighted by molar-refractivity contribution is 5.84. The van der Waals surface area contributed by atoms with Crippen molar-refractivity contribution >= 4 is 17.6 Å². The second-order valence-electron chi connectivity index (χ2n) is 5.76. The highest BCUT2D eigenvalue weighted by Crippen LogP contribution is 2.18. The summed E-state index contributed by atoms with van der Waals surface area (Å²) in [6, 6.07) is 13.1. The maximum atomic E-state index is 12.1. The molecule has 0 aromatic heterocycles. The summed E-state index contributed by atoms with van der Waals surface area (Å²) >= 11 is 0. The zero-order valence-electron chi connectivity index (χ0n) is 15.0. The van der Waals surface area contributed by atoms with E-state index in [1.54, 1.807) is 25.3 Å². The Morgan fingerprint density at radius 2 is 1.81 bits per heavy atom. The summed E-state index contributed by atoms with van der Waals surface area (Å²) in [5, 5.41) is 13.6. The minimum atomic E-state index is -1.02. The largest absolute Gasteiger partial charge is 0.497 e. The van der Waals surface area contributed by atoms with Gasteiger partial charge in [-0.05, 0) is 24.6 Å². The Balaban J connectivity index is 1.86. The molecule has 0 aliphatic carbocycles. The normalized spacial score (nSPS) is 11.3. The van der Waals surface area contributed by atoms with Crippen molar-refractivity contribution in [2.24, 2.45) is 0 Å². The third kappa shape index (κ3) is 5.81. The van der Waals surface area contributed by atoms with Crippen LogP contribution in [0.5, 0.6) is 5.75 Å². The van der Waals surface area contributed by atoms with Gasteiger partial charge in [0.05, 0.1) is 18.5 Å². The fourth-order valence-corrected chi connectivity index (χ4v) is 2.36. The van der Waals surface area contributed by atoms with Gasteiger partial charge in [0.25, 0.3) is 11.6 Å². The second kappa shape index (κ2) is 9.33. The third-order valence-corrected chi connectivity index (χ3v) is 3.83. The van der Waals surface area contributed by atoms with Gasteiger partial charge >= 0.3 is 5.97 Å². The highest BCUT2D eigenvalue weighted by atomic mass is 16.6. The molecule has 1 atom stereocenters. The molecule has 0 aliphatic rings. The van der Waals surface area contributed by atoms with Crippen LogP contribution >= 0.6 is 0 Å². The van der Waals surface area contributed by atoms with E-state index < -0.39 is 22.9 Å².